The molecule has 0 aromatic carbocycles. The van der Waals surface area contributed by atoms with Crippen LogP contribution in [-0.2, 0) is 6.54 Å². The van der Waals surface area contributed by atoms with Crippen molar-refractivity contribution >= 4 is 6.08 Å². The zero-order valence-corrected chi connectivity index (χ0v) is 10.0. The van der Waals surface area contributed by atoms with E-state index in [4.69, 9.17) is 0 Å². The molecule has 1 heterocycles. The minimum atomic E-state index is -0.285. The van der Waals surface area contributed by atoms with Gasteiger partial charge in [-0.25, -0.2) is 0 Å². The fourth-order valence-corrected chi connectivity index (χ4v) is 1.62. The molecule has 0 bridgehead atoms. The van der Waals surface area contributed by atoms with Gasteiger partial charge < -0.3 is 4.57 Å². The van der Waals surface area contributed by atoms with Crippen molar-refractivity contribution in [2.75, 3.05) is 0 Å². The molecule has 0 unspecified atom stereocenters. The third-order valence-electron chi connectivity index (χ3n) is 2.37. The minimum Gasteiger partial charge on any atom is -0.348 e. The number of aryl methyl sites for hydroxylation is 1. The van der Waals surface area contributed by atoms with Crippen molar-refractivity contribution < 1.29 is 4.92 Å². The van der Waals surface area contributed by atoms with E-state index in [1.54, 1.807) is 6.08 Å². The standard InChI is InChI=1S/C12H18N2O2/c1-4-13-7-5-6-11(13)9-12(14(15)16)8-10(2)3/h5-7,9-10H,4,8H2,1-3H3. The average molecular weight is 222 g/mol. The fourth-order valence-electron chi connectivity index (χ4n) is 1.62. The number of rotatable bonds is 5. The lowest BCUT2D eigenvalue weighted by Crippen LogP contribution is -2.04. The van der Waals surface area contributed by atoms with Gasteiger partial charge in [0, 0.05) is 30.9 Å². The average Bonchev–Trinajstić information content (AvgIpc) is 2.63. The Kier molecular flexibility index (Phi) is 4.28. The van der Waals surface area contributed by atoms with Gasteiger partial charge in [-0.05, 0) is 25.0 Å². The van der Waals surface area contributed by atoms with Crippen molar-refractivity contribution in [2.24, 2.45) is 5.92 Å². The molecule has 0 spiro atoms. The van der Waals surface area contributed by atoms with Gasteiger partial charge >= 0.3 is 0 Å². The second-order valence-electron chi connectivity index (χ2n) is 4.21. The molecule has 16 heavy (non-hydrogen) atoms. The van der Waals surface area contributed by atoms with Crippen molar-refractivity contribution in [2.45, 2.75) is 33.7 Å². The Morgan fingerprint density at radius 1 is 1.62 bits per heavy atom. The highest BCUT2D eigenvalue weighted by molar-refractivity contribution is 5.47. The van der Waals surface area contributed by atoms with E-state index in [0.717, 1.165) is 12.2 Å². The zero-order chi connectivity index (χ0) is 12.1. The molecule has 88 valence electrons. The van der Waals surface area contributed by atoms with Crippen molar-refractivity contribution in [1.29, 1.82) is 0 Å². The van der Waals surface area contributed by atoms with Crippen molar-refractivity contribution in [1.82, 2.24) is 4.57 Å². The van der Waals surface area contributed by atoms with Gasteiger partial charge in [0.15, 0.2) is 0 Å². The smallest absolute Gasteiger partial charge is 0.248 e. The van der Waals surface area contributed by atoms with Crippen LogP contribution >= 0.6 is 0 Å². The minimum absolute atomic E-state index is 0.281. The maximum atomic E-state index is 10.9. The first kappa shape index (κ1) is 12.5. The van der Waals surface area contributed by atoms with E-state index in [2.05, 4.69) is 0 Å². The van der Waals surface area contributed by atoms with Crippen LogP contribution in [0.5, 0.6) is 0 Å². The first-order chi connectivity index (χ1) is 7.54. The van der Waals surface area contributed by atoms with E-state index in [1.165, 1.54) is 0 Å². The highest BCUT2D eigenvalue weighted by Gasteiger charge is 2.13. The molecule has 0 aliphatic rings. The molecule has 0 N–H and O–H groups in total. The molecule has 0 radical (unpaired) electrons. The second-order valence-corrected chi connectivity index (χ2v) is 4.21. The lowest BCUT2D eigenvalue weighted by Gasteiger charge is -2.04. The van der Waals surface area contributed by atoms with Gasteiger partial charge in [-0.15, -0.1) is 0 Å². The van der Waals surface area contributed by atoms with Crippen molar-refractivity contribution in [3.05, 3.63) is 39.8 Å². The van der Waals surface area contributed by atoms with E-state index < -0.39 is 0 Å². The summed E-state index contributed by atoms with van der Waals surface area (Å²) in [5.74, 6) is 0.293. The van der Waals surface area contributed by atoms with Gasteiger partial charge in [0.1, 0.15) is 0 Å². The molecule has 0 fully saturated rings. The molecule has 0 aliphatic heterocycles. The van der Waals surface area contributed by atoms with E-state index >= 15 is 0 Å². The molecule has 0 atom stereocenters. The summed E-state index contributed by atoms with van der Waals surface area (Å²) in [6, 6.07) is 3.80. The fraction of sp³-hybridized carbons (Fsp3) is 0.500. The van der Waals surface area contributed by atoms with Gasteiger partial charge in [0.25, 0.3) is 0 Å². The Labute approximate surface area is 95.7 Å². The molecule has 0 saturated carbocycles. The largest absolute Gasteiger partial charge is 0.348 e. The van der Waals surface area contributed by atoms with E-state index in [-0.39, 0.29) is 10.6 Å². The van der Waals surface area contributed by atoms with Crippen LogP contribution < -0.4 is 0 Å². The SMILES string of the molecule is CCn1cccc1C=C(CC(C)C)[N+](=O)[O-]. The van der Waals surface area contributed by atoms with Crippen LogP contribution in [0.25, 0.3) is 6.08 Å². The van der Waals surface area contributed by atoms with Crippen LogP contribution in [0.3, 0.4) is 0 Å². The van der Waals surface area contributed by atoms with Crippen LogP contribution in [0.4, 0.5) is 0 Å². The third-order valence-corrected chi connectivity index (χ3v) is 2.37. The van der Waals surface area contributed by atoms with Crippen LogP contribution in [-0.4, -0.2) is 9.49 Å². The monoisotopic (exact) mass is 222 g/mol. The van der Waals surface area contributed by atoms with Crippen LogP contribution in [0, 0.1) is 16.0 Å². The predicted molar refractivity (Wildman–Crippen MR) is 64.5 cm³/mol. The van der Waals surface area contributed by atoms with Crippen molar-refractivity contribution in [3.8, 4) is 0 Å². The molecular formula is C12H18N2O2. The zero-order valence-electron chi connectivity index (χ0n) is 10.0. The molecule has 0 aliphatic carbocycles. The summed E-state index contributed by atoms with van der Waals surface area (Å²) in [5.41, 5.74) is 1.18. The molecule has 1 aromatic rings. The number of allylic oxidation sites excluding steroid dienone is 1. The van der Waals surface area contributed by atoms with Gasteiger partial charge in [-0.3, -0.25) is 10.1 Å². The number of hydrogen-bond donors (Lipinski definition) is 0. The van der Waals surface area contributed by atoms with E-state index in [9.17, 15) is 10.1 Å². The molecule has 0 amide bonds. The molecule has 1 aromatic heterocycles. The Morgan fingerprint density at radius 3 is 2.81 bits per heavy atom. The lowest BCUT2D eigenvalue weighted by atomic mass is 10.1. The third kappa shape index (κ3) is 3.22. The predicted octanol–water partition coefficient (Wildman–Crippen LogP) is 3.17. The maximum Gasteiger partial charge on any atom is 0.248 e. The summed E-state index contributed by atoms with van der Waals surface area (Å²) in [4.78, 5) is 10.6. The van der Waals surface area contributed by atoms with Crippen LogP contribution in [0.2, 0.25) is 0 Å². The van der Waals surface area contributed by atoms with E-state index in [0.29, 0.717) is 12.3 Å². The lowest BCUT2D eigenvalue weighted by molar-refractivity contribution is -0.427. The Bertz CT molecular complexity index is 391. The Hall–Kier alpha value is -1.58. The first-order valence-corrected chi connectivity index (χ1v) is 5.54. The maximum absolute atomic E-state index is 10.9. The number of aromatic nitrogens is 1. The second kappa shape index (κ2) is 5.49. The van der Waals surface area contributed by atoms with Crippen LogP contribution in [0.1, 0.15) is 32.9 Å². The van der Waals surface area contributed by atoms with E-state index in [1.807, 2.05) is 43.7 Å². The highest BCUT2D eigenvalue weighted by Crippen LogP contribution is 2.16. The highest BCUT2D eigenvalue weighted by atomic mass is 16.6. The summed E-state index contributed by atoms with van der Waals surface area (Å²) >= 11 is 0. The first-order valence-electron chi connectivity index (χ1n) is 5.54. The quantitative estimate of drug-likeness (QED) is 0.567. The molecule has 1 rings (SSSR count). The Balaban J connectivity index is 2.97. The van der Waals surface area contributed by atoms with Gasteiger partial charge in [0.05, 0.1) is 4.92 Å². The van der Waals surface area contributed by atoms with Crippen LogP contribution in [0.15, 0.2) is 24.0 Å². The number of nitro groups is 1. The summed E-state index contributed by atoms with van der Waals surface area (Å²) in [6.45, 7) is 6.81. The van der Waals surface area contributed by atoms with Crippen molar-refractivity contribution in [3.63, 3.8) is 0 Å². The summed E-state index contributed by atoms with van der Waals surface area (Å²) in [5, 5.41) is 10.9. The Morgan fingerprint density at radius 2 is 2.31 bits per heavy atom. The number of nitrogens with zero attached hydrogens (tertiary/aromatic N) is 2. The topological polar surface area (TPSA) is 48.1 Å². The van der Waals surface area contributed by atoms with Gasteiger partial charge in [0.2, 0.25) is 5.70 Å². The molecule has 4 heteroatoms. The molecule has 4 nitrogen and oxygen atoms in total. The van der Waals surface area contributed by atoms with Gasteiger partial charge in [-0.1, -0.05) is 13.8 Å². The summed E-state index contributed by atoms with van der Waals surface area (Å²) in [7, 11) is 0. The van der Waals surface area contributed by atoms with Gasteiger partial charge in [-0.2, -0.15) is 0 Å². The molecule has 0 saturated heterocycles. The molecular weight excluding hydrogens is 204 g/mol. The summed E-state index contributed by atoms with van der Waals surface area (Å²) < 4.78 is 1.99. The normalized spacial score (nSPS) is 12.1. The summed E-state index contributed by atoms with van der Waals surface area (Å²) in [6.07, 6.45) is 4.10. The number of hydrogen-bond acceptors (Lipinski definition) is 2.